The minimum Gasteiger partial charge on any atom is -0.481 e. The molecular weight excluding hydrogens is 346 g/mol. The molecule has 1 aromatic carbocycles. The molecule has 1 amide bonds. The number of carbonyl (C=O) groups is 3. The molecule has 1 fully saturated rings. The number of carboxylic acids is 1. The van der Waals surface area contributed by atoms with Gasteiger partial charge in [-0.3, -0.25) is 14.4 Å². The van der Waals surface area contributed by atoms with E-state index in [1.54, 1.807) is 30.3 Å². The van der Waals surface area contributed by atoms with Gasteiger partial charge in [0.2, 0.25) is 5.91 Å². The summed E-state index contributed by atoms with van der Waals surface area (Å²) in [4.78, 5) is 34.3. The minimum atomic E-state index is -0.787. The van der Waals surface area contributed by atoms with Crippen molar-refractivity contribution >= 4 is 23.7 Å². The van der Waals surface area contributed by atoms with E-state index in [4.69, 9.17) is 10.8 Å². The van der Waals surface area contributed by atoms with E-state index in [9.17, 15) is 19.5 Å². The fourth-order valence-corrected chi connectivity index (χ4v) is 3.67. The van der Waals surface area contributed by atoms with Crippen molar-refractivity contribution in [2.24, 2.45) is 17.6 Å². The first-order chi connectivity index (χ1) is 12.9. The van der Waals surface area contributed by atoms with Gasteiger partial charge in [-0.25, -0.2) is 0 Å². The third kappa shape index (κ3) is 6.03. The van der Waals surface area contributed by atoms with Crippen LogP contribution >= 0.6 is 0 Å². The highest BCUT2D eigenvalue weighted by Crippen LogP contribution is 2.34. The van der Waals surface area contributed by atoms with Crippen molar-refractivity contribution in [2.75, 3.05) is 0 Å². The van der Waals surface area contributed by atoms with Crippen molar-refractivity contribution in [3.05, 3.63) is 41.5 Å². The van der Waals surface area contributed by atoms with Crippen LogP contribution < -0.4 is 5.73 Å². The second-order valence-electron chi connectivity index (χ2n) is 7.08. The Morgan fingerprint density at radius 2 is 1.85 bits per heavy atom. The predicted octanol–water partition coefficient (Wildman–Crippen LogP) is 2.79. The summed E-state index contributed by atoms with van der Waals surface area (Å²) in [6, 6.07) is 6.96. The Labute approximate surface area is 159 Å². The Kier molecular flexibility index (Phi) is 7.73. The number of aliphatic hydroxyl groups excluding tert-OH is 1. The lowest BCUT2D eigenvalue weighted by atomic mass is 9.88. The normalized spacial score (nSPS) is 22.4. The Bertz CT molecular complexity index is 712. The molecule has 3 atom stereocenters. The van der Waals surface area contributed by atoms with Gasteiger partial charge in [-0.1, -0.05) is 49.6 Å². The fourth-order valence-electron chi connectivity index (χ4n) is 3.67. The van der Waals surface area contributed by atoms with E-state index >= 15 is 0 Å². The van der Waals surface area contributed by atoms with Crippen LogP contribution in [0.25, 0.3) is 6.08 Å². The van der Waals surface area contributed by atoms with Crippen molar-refractivity contribution in [2.45, 2.75) is 51.0 Å². The van der Waals surface area contributed by atoms with Gasteiger partial charge in [-0.15, -0.1) is 0 Å². The van der Waals surface area contributed by atoms with Crippen molar-refractivity contribution in [3.8, 4) is 0 Å². The van der Waals surface area contributed by atoms with Gasteiger partial charge in [0, 0.05) is 30.2 Å². The molecule has 0 aromatic heterocycles. The molecular formula is C21H27NO5. The van der Waals surface area contributed by atoms with E-state index < -0.39 is 18.0 Å². The van der Waals surface area contributed by atoms with Crippen LogP contribution in [-0.2, 0) is 9.59 Å². The molecule has 1 saturated carbocycles. The highest BCUT2D eigenvalue weighted by Gasteiger charge is 2.39. The van der Waals surface area contributed by atoms with Gasteiger partial charge in [0.15, 0.2) is 0 Å². The number of hydrogen-bond donors (Lipinski definition) is 3. The van der Waals surface area contributed by atoms with Crippen molar-refractivity contribution in [1.82, 2.24) is 0 Å². The largest absolute Gasteiger partial charge is 0.481 e. The molecule has 0 bridgehead atoms. The van der Waals surface area contributed by atoms with Gasteiger partial charge in [-0.2, -0.15) is 0 Å². The van der Waals surface area contributed by atoms with Crippen LogP contribution in [0.3, 0.4) is 0 Å². The van der Waals surface area contributed by atoms with E-state index in [0.29, 0.717) is 24.0 Å². The summed E-state index contributed by atoms with van der Waals surface area (Å²) in [6.45, 7) is 0. The molecule has 1 aromatic rings. The number of amides is 1. The third-order valence-corrected chi connectivity index (χ3v) is 5.11. The van der Waals surface area contributed by atoms with Gasteiger partial charge >= 0.3 is 5.97 Å². The van der Waals surface area contributed by atoms with Crippen LogP contribution in [0, 0.1) is 11.8 Å². The van der Waals surface area contributed by atoms with Crippen LogP contribution in [-0.4, -0.2) is 34.0 Å². The number of aliphatic carboxylic acids is 1. The summed E-state index contributed by atoms with van der Waals surface area (Å²) in [6.07, 6.45) is 7.01. The first-order valence-corrected chi connectivity index (χ1v) is 9.39. The van der Waals surface area contributed by atoms with Gasteiger partial charge in [0.1, 0.15) is 5.78 Å². The molecule has 27 heavy (non-hydrogen) atoms. The molecule has 0 spiro atoms. The lowest BCUT2D eigenvalue weighted by Gasteiger charge is -2.17. The Morgan fingerprint density at radius 3 is 2.56 bits per heavy atom. The van der Waals surface area contributed by atoms with Gasteiger partial charge in [-0.05, 0) is 24.5 Å². The zero-order valence-electron chi connectivity index (χ0n) is 15.3. The maximum absolute atomic E-state index is 12.2. The first-order valence-electron chi connectivity index (χ1n) is 9.39. The summed E-state index contributed by atoms with van der Waals surface area (Å²) in [5.74, 6) is -1.76. The monoisotopic (exact) mass is 373 g/mol. The molecule has 4 N–H and O–H groups in total. The number of Topliss-reactive ketones (excluding diaryl/α,β-unsaturated/α-hetero) is 1. The zero-order chi connectivity index (χ0) is 19.8. The minimum absolute atomic E-state index is 0.0610. The van der Waals surface area contributed by atoms with Crippen molar-refractivity contribution < 1.29 is 24.6 Å². The summed E-state index contributed by atoms with van der Waals surface area (Å²) in [7, 11) is 0. The maximum Gasteiger partial charge on any atom is 0.303 e. The second-order valence-corrected chi connectivity index (χ2v) is 7.08. The lowest BCUT2D eigenvalue weighted by Crippen LogP contribution is -2.18. The molecule has 3 unspecified atom stereocenters. The maximum atomic E-state index is 12.2. The SMILES string of the molecule is NC(=O)c1ccccc1C=CC1C(O)CC(=O)C1CCCCCCC(=O)O. The molecule has 0 radical (unpaired) electrons. The standard InChI is InChI=1S/C21H27NO5/c22-21(27)15-8-6-5-7-14(15)11-12-17-16(18(23)13-19(17)24)9-3-1-2-4-10-20(25)26/h5-8,11-12,16-17,19,24H,1-4,9-10,13H2,(H2,22,27)(H,25,26). The molecule has 146 valence electrons. The molecule has 1 aliphatic carbocycles. The van der Waals surface area contributed by atoms with Crippen LogP contribution in [0.2, 0.25) is 0 Å². The fraction of sp³-hybridized carbons (Fsp3) is 0.476. The summed E-state index contributed by atoms with van der Waals surface area (Å²) in [5.41, 5.74) is 6.46. The second kappa shape index (κ2) is 10.0. The summed E-state index contributed by atoms with van der Waals surface area (Å²) >= 11 is 0. The van der Waals surface area contributed by atoms with E-state index in [2.05, 4.69) is 0 Å². The number of carboxylic acid groups (broad SMARTS) is 1. The Hall–Kier alpha value is -2.47. The highest BCUT2D eigenvalue weighted by atomic mass is 16.4. The zero-order valence-corrected chi connectivity index (χ0v) is 15.3. The number of rotatable bonds is 10. The topological polar surface area (TPSA) is 118 Å². The van der Waals surface area contributed by atoms with E-state index in [1.165, 1.54) is 0 Å². The van der Waals surface area contributed by atoms with Gasteiger partial charge in [0.25, 0.3) is 0 Å². The highest BCUT2D eigenvalue weighted by molar-refractivity contribution is 5.96. The molecule has 6 heteroatoms. The number of benzene rings is 1. The Balaban J connectivity index is 1.96. The molecule has 1 aliphatic rings. The average Bonchev–Trinajstić information content (AvgIpc) is 2.89. The number of hydrogen-bond acceptors (Lipinski definition) is 4. The number of unbranched alkanes of at least 4 members (excludes halogenated alkanes) is 3. The third-order valence-electron chi connectivity index (χ3n) is 5.11. The average molecular weight is 373 g/mol. The van der Waals surface area contributed by atoms with E-state index in [0.717, 1.165) is 19.3 Å². The van der Waals surface area contributed by atoms with Crippen molar-refractivity contribution in [1.29, 1.82) is 0 Å². The molecule has 6 nitrogen and oxygen atoms in total. The molecule has 0 aliphatic heterocycles. The summed E-state index contributed by atoms with van der Waals surface area (Å²) < 4.78 is 0. The van der Waals surface area contributed by atoms with E-state index in [-0.39, 0.29) is 30.5 Å². The molecule has 0 saturated heterocycles. The van der Waals surface area contributed by atoms with Crippen LogP contribution in [0.4, 0.5) is 0 Å². The van der Waals surface area contributed by atoms with Gasteiger partial charge < -0.3 is 15.9 Å². The van der Waals surface area contributed by atoms with Crippen LogP contribution in [0.1, 0.15) is 60.9 Å². The smallest absolute Gasteiger partial charge is 0.303 e. The number of ketones is 1. The van der Waals surface area contributed by atoms with E-state index in [1.807, 2.05) is 6.08 Å². The number of aliphatic hydroxyl groups is 1. The number of carbonyl (C=O) groups excluding carboxylic acids is 2. The van der Waals surface area contributed by atoms with Crippen LogP contribution in [0.15, 0.2) is 30.3 Å². The number of nitrogens with two attached hydrogens (primary N) is 1. The van der Waals surface area contributed by atoms with Crippen LogP contribution in [0.5, 0.6) is 0 Å². The van der Waals surface area contributed by atoms with Crippen molar-refractivity contribution in [3.63, 3.8) is 0 Å². The number of primary amides is 1. The quantitative estimate of drug-likeness (QED) is 0.545. The Morgan fingerprint density at radius 1 is 1.15 bits per heavy atom. The predicted molar refractivity (Wildman–Crippen MR) is 102 cm³/mol. The first kappa shape index (κ1) is 20.8. The lowest BCUT2D eigenvalue weighted by molar-refractivity contribution is -0.137. The molecule has 2 rings (SSSR count). The summed E-state index contributed by atoms with van der Waals surface area (Å²) in [5, 5.41) is 18.9. The molecule has 0 heterocycles. The van der Waals surface area contributed by atoms with Gasteiger partial charge in [0.05, 0.1) is 6.10 Å².